The molecule has 0 spiro atoms. The molecule has 6 nitrogen and oxygen atoms in total. The second kappa shape index (κ2) is 7.68. The highest BCUT2D eigenvalue weighted by Gasteiger charge is 2.26. The van der Waals surface area contributed by atoms with Crippen LogP contribution in [0, 0.1) is 5.92 Å². The van der Waals surface area contributed by atoms with Crippen molar-refractivity contribution in [3.05, 3.63) is 29.8 Å². The number of anilines is 1. The van der Waals surface area contributed by atoms with E-state index in [4.69, 9.17) is 5.11 Å². The average Bonchev–Trinajstić information content (AvgIpc) is 3.06. The van der Waals surface area contributed by atoms with Gasteiger partial charge in [-0.05, 0) is 55.9 Å². The number of hydrogen-bond acceptors (Lipinski definition) is 3. The van der Waals surface area contributed by atoms with Gasteiger partial charge in [0.1, 0.15) is 0 Å². The Labute approximate surface area is 147 Å². The Hall–Kier alpha value is -2.37. The van der Waals surface area contributed by atoms with Crippen molar-refractivity contribution in [2.45, 2.75) is 38.5 Å². The standard InChI is InChI=1S/C19H24N2O4/c22-17-4-2-12-21(17)16-8-6-15(7-9-16)19(25)20-11-1-3-14(13-20)5-10-18(23)24/h6-9,14H,1-5,10-13H2,(H,23,24). The molecule has 1 N–H and O–H groups in total. The monoisotopic (exact) mass is 344 g/mol. The smallest absolute Gasteiger partial charge is 0.303 e. The molecule has 25 heavy (non-hydrogen) atoms. The van der Waals surface area contributed by atoms with Crippen molar-refractivity contribution in [3.63, 3.8) is 0 Å². The first-order valence-corrected chi connectivity index (χ1v) is 8.96. The summed E-state index contributed by atoms with van der Waals surface area (Å²) in [6.07, 6.45) is 4.14. The number of carbonyl (C=O) groups is 3. The molecule has 1 aromatic carbocycles. The molecule has 1 atom stereocenters. The molecule has 0 bridgehead atoms. The van der Waals surface area contributed by atoms with Gasteiger partial charge in [0.2, 0.25) is 5.91 Å². The minimum absolute atomic E-state index is 0.0145. The number of carbonyl (C=O) groups excluding carboxylic acids is 2. The van der Waals surface area contributed by atoms with Gasteiger partial charge in [-0.15, -0.1) is 0 Å². The number of amides is 2. The molecule has 2 saturated heterocycles. The third-order valence-corrected chi connectivity index (χ3v) is 5.07. The van der Waals surface area contributed by atoms with Gasteiger partial charge in [0, 0.05) is 43.7 Å². The fraction of sp³-hybridized carbons (Fsp3) is 0.526. The van der Waals surface area contributed by atoms with Gasteiger partial charge in [-0.3, -0.25) is 14.4 Å². The van der Waals surface area contributed by atoms with E-state index in [2.05, 4.69) is 0 Å². The lowest BCUT2D eigenvalue weighted by Gasteiger charge is -2.32. The predicted octanol–water partition coefficient (Wildman–Crippen LogP) is 2.53. The maximum atomic E-state index is 12.7. The quantitative estimate of drug-likeness (QED) is 0.890. The normalized spacial score (nSPS) is 20.8. The van der Waals surface area contributed by atoms with E-state index in [0.717, 1.165) is 38.0 Å². The Morgan fingerprint density at radius 2 is 1.88 bits per heavy atom. The number of likely N-dealkylation sites (tertiary alicyclic amines) is 1. The van der Waals surface area contributed by atoms with Gasteiger partial charge in [0.05, 0.1) is 0 Å². The Balaban J connectivity index is 1.62. The number of carboxylic acid groups (broad SMARTS) is 1. The fourth-order valence-corrected chi connectivity index (χ4v) is 3.70. The Kier molecular flexibility index (Phi) is 5.36. The lowest BCUT2D eigenvalue weighted by molar-refractivity contribution is -0.137. The van der Waals surface area contributed by atoms with Crippen LogP contribution in [0.2, 0.25) is 0 Å². The Morgan fingerprint density at radius 1 is 1.12 bits per heavy atom. The summed E-state index contributed by atoms with van der Waals surface area (Å²) < 4.78 is 0. The van der Waals surface area contributed by atoms with Gasteiger partial charge >= 0.3 is 5.97 Å². The zero-order chi connectivity index (χ0) is 17.8. The summed E-state index contributed by atoms with van der Waals surface area (Å²) >= 11 is 0. The van der Waals surface area contributed by atoms with Crippen molar-refractivity contribution in [1.82, 2.24) is 4.90 Å². The second-order valence-electron chi connectivity index (χ2n) is 6.89. The van der Waals surface area contributed by atoms with E-state index >= 15 is 0 Å². The number of hydrogen-bond donors (Lipinski definition) is 1. The second-order valence-corrected chi connectivity index (χ2v) is 6.89. The van der Waals surface area contributed by atoms with Crippen LogP contribution in [0.25, 0.3) is 0 Å². The van der Waals surface area contributed by atoms with Gasteiger partial charge in [0.25, 0.3) is 5.91 Å². The van der Waals surface area contributed by atoms with Crippen LogP contribution in [0.4, 0.5) is 5.69 Å². The molecule has 0 saturated carbocycles. The minimum atomic E-state index is -0.782. The summed E-state index contributed by atoms with van der Waals surface area (Å²) in [5.41, 5.74) is 1.46. The zero-order valence-electron chi connectivity index (χ0n) is 14.3. The molecule has 2 fully saturated rings. The molecule has 1 unspecified atom stereocenters. The van der Waals surface area contributed by atoms with Crippen LogP contribution >= 0.6 is 0 Å². The summed E-state index contributed by atoms with van der Waals surface area (Å²) in [6.45, 7) is 2.08. The van der Waals surface area contributed by atoms with E-state index in [0.29, 0.717) is 24.9 Å². The lowest BCUT2D eigenvalue weighted by Crippen LogP contribution is -2.40. The van der Waals surface area contributed by atoms with Crippen LogP contribution in [0.5, 0.6) is 0 Å². The molecule has 2 heterocycles. The van der Waals surface area contributed by atoms with Gasteiger partial charge in [-0.2, -0.15) is 0 Å². The van der Waals surface area contributed by atoms with Crippen LogP contribution < -0.4 is 4.90 Å². The number of benzene rings is 1. The van der Waals surface area contributed by atoms with Gasteiger partial charge in [-0.1, -0.05) is 0 Å². The van der Waals surface area contributed by atoms with E-state index in [-0.39, 0.29) is 24.2 Å². The molecule has 1 aromatic rings. The van der Waals surface area contributed by atoms with Crippen molar-refractivity contribution in [3.8, 4) is 0 Å². The number of rotatable bonds is 5. The molecule has 2 aliphatic heterocycles. The van der Waals surface area contributed by atoms with Gasteiger partial charge in [0.15, 0.2) is 0 Å². The minimum Gasteiger partial charge on any atom is -0.481 e. The van der Waals surface area contributed by atoms with Gasteiger partial charge in [-0.25, -0.2) is 0 Å². The number of piperidine rings is 1. The van der Waals surface area contributed by atoms with E-state index < -0.39 is 5.97 Å². The molecule has 0 aromatic heterocycles. The van der Waals surface area contributed by atoms with E-state index in [1.165, 1.54) is 0 Å². The lowest BCUT2D eigenvalue weighted by atomic mass is 9.93. The Morgan fingerprint density at radius 3 is 2.52 bits per heavy atom. The highest BCUT2D eigenvalue weighted by atomic mass is 16.4. The topological polar surface area (TPSA) is 77.9 Å². The average molecular weight is 344 g/mol. The van der Waals surface area contributed by atoms with Crippen molar-refractivity contribution in [1.29, 1.82) is 0 Å². The molecule has 2 amide bonds. The van der Waals surface area contributed by atoms with Crippen molar-refractivity contribution >= 4 is 23.5 Å². The molecule has 134 valence electrons. The highest BCUT2D eigenvalue weighted by molar-refractivity contribution is 5.97. The van der Waals surface area contributed by atoms with Crippen LogP contribution in [-0.2, 0) is 9.59 Å². The van der Waals surface area contributed by atoms with E-state index in [9.17, 15) is 14.4 Å². The SMILES string of the molecule is O=C(O)CCC1CCCN(C(=O)c2ccc(N3CCCC3=O)cc2)C1. The number of nitrogens with zero attached hydrogens (tertiary/aromatic N) is 2. The molecular formula is C19H24N2O4. The van der Waals surface area contributed by atoms with Crippen molar-refractivity contribution in [2.24, 2.45) is 5.92 Å². The van der Waals surface area contributed by atoms with Crippen LogP contribution in [0.1, 0.15) is 48.9 Å². The summed E-state index contributed by atoms with van der Waals surface area (Å²) in [4.78, 5) is 38.8. The van der Waals surface area contributed by atoms with Gasteiger partial charge < -0.3 is 14.9 Å². The van der Waals surface area contributed by atoms with E-state index in [1.807, 2.05) is 17.0 Å². The summed E-state index contributed by atoms with van der Waals surface area (Å²) in [6, 6.07) is 7.23. The highest BCUT2D eigenvalue weighted by Crippen LogP contribution is 2.25. The summed E-state index contributed by atoms with van der Waals surface area (Å²) in [5.74, 6) is -0.401. The van der Waals surface area contributed by atoms with Crippen molar-refractivity contribution in [2.75, 3.05) is 24.5 Å². The third-order valence-electron chi connectivity index (χ3n) is 5.07. The fourth-order valence-electron chi connectivity index (χ4n) is 3.70. The van der Waals surface area contributed by atoms with Crippen molar-refractivity contribution < 1.29 is 19.5 Å². The van der Waals surface area contributed by atoms with Crippen LogP contribution in [0.15, 0.2) is 24.3 Å². The molecule has 2 aliphatic rings. The number of aliphatic carboxylic acids is 1. The van der Waals surface area contributed by atoms with Crippen LogP contribution in [0.3, 0.4) is 0 Å². The summed E-state index contributed by atoms with van der Waals surface area (Å²) in [7, 11) is 0. The Bertz CT molecular complexity index is 656. The first-order valence-electron chi connectivity index (χ1n) is 8.96. The summed E-state index contributed by atoms with van der Waals surface area (Å²) in [5, 5.41) is 8.82. The van der Waals surface area contributed by atoms with E-state index in [1.54, 1.807) is 17.0 Å². The molecule has 0 radical (unpaired) electrons. The molecule has 0 aliphatic carbocycles. The van der Waals surface area contributed by atoms with Crippen LogP contribution in [-0.4, -0.2) is 47.4 Å². The third kappa shape index (κ3) is 4.18. The predicted molar refractivity (Wildman–Crippen MR) is 93.5 cm³/mol. The maximum Gasteiger partial charge on any atom is 0.303 e. The first-order chi connectivity index (χ1) is 12.0. The molecule has 3 rings (SSSR count). The molecule has 6 heteroatoms. The number of carboxylic acids is 1. The zero-order valence-corrected chi connectivity index (χ0v) is 14.3. The first kappa shape index (κ1) is 17.5. The maximum absolute atomic E-state index is 12.7. The molecular weight excluding hydrogens is 320 g/mol. The largest absolute Gasteiger partial charge is 0.481 e.